The second kappa shape index (κ2) is 7.31. The molecule has 0 radical (unpaired) electrons. The fraction of sp³-hybridized carbons (Fsp3) is 0.312. The van der Waals surface area contributed by atoms with Crippen molar-refractivity contribution in [3.8, 4) is 17.2 Å². The maximum atomic E-state index is 5.88. The highest BCUT2D eigenvalue weighted by Gasteiger charge is 2.12. The zero-order chi connectivity index (χ0) is 15.2. The van der Waals surface area contributed by atoms with Crippen LogP contribution in [0.25, 0.3) is 0 Å². The van der Waals surface area contributed by atoms with Gasteiger partial charge in [-0.15, -0.1) is 0 Å². The highest BCUT2D eigenvalue weighted by atomic mass is 79.9. The first kappa shape index (κ1) is 15.6. The van der Waals surface area contributed by atoms with Crippen molar-refractivity contribution in [3.05, 3.63) is 47.3 Å². The second-order valence-electron chi connectivity index (χ2n) is 4.53. The minimum absolute atomic E-state index is 0.323. The average molecular weight is 352 g/mol. The summed E-state index contributed by atoms with van der Waals surface area (Å²) in [7, 11) is 3.20. The van der Waals surface area contributed by atoms with Gasteiger partial charge in [0.05, 0.1) is 14.2 Å². The van der Waals surface area contributed by atoms with Crippen LogP contribution < -0.4 is 14.2 Å². The number of hydrogen-bond acceptors (Lipinski definition) is 4. The molecule has 5 heteroatoms. The molecule has 1 aromatic carbocycles. The Balaban J connectivity index is 2.20. The van der Waals surface area contributed by atoms with Gasteiger partial charge in [-0.3, -0.25) is 4.98 Å². The van der Waals surface area contributed by atoms with Crippen LogP contribution in [0.4, 0.5) is 0 Å². The molecule has 2 rings (SSSR count). The number of hydrogen-bond donors (Lipinski definition) is 0. The predicted molar refractivity (Wildman–Crippen MR) is 85.5 cm³/mol. The summed E-state index contributed by atoms with van der Waals surface area (Å²) in [5.74, 6) is 2.09. The number of ether oxygens (including phenoxy) is 3. The van der Waals surface area contributed by atoms with E-state index in [9.17, 15) is 0 Å². The van der Waals surface area contributed by atoms with Gasteiger partial charge in [0.2, 0.25) is 0 Å². The van der Waals surface area contributed by atoms with Crippen molar-refractivity contribution in [1.82, 2.24) is 4.98 Å². The topological polar surface area (TPSA) is 40.6 Å². The van der Waals surface area contributed by atoms with Crippen LogP contribution in [0.15, 0.2) is 30.5 Å². The number of aromatic nitrogens is 1. The molecule has 0 fully saturated rings. The van der Waals surface area contributed by atoms with Gasteiger partial charge in [-0.2, -0.15) is 0 Å². The molecule has 2 aromatic rings. The third-order valence-electron chi connectivity index (χ3n) is 3.09. The molecule has 4 nitrogen and oxygen atoms in total. The van der Waals surface area contributed by atoms with Gasteiger partial charge in [-0.05, 0) is 13.0 Å². The number of pyridine rings is 1. The summed E-state index contributed by atoms with van der Waals surface area (Å²) in [5.41, 5.74) is 3.02. The van der Waals surface area contributed by atoms with Crippen LogP contribution in [0.1, 0.15) is 16.8 Å². The lowest BCUT2D eigenvalue weighted by atomic mass is 10.1. The molecular formula is C16H18BrNO3. The van der Waals surface area contributed by atoms with Crippen LogP contribution in [0, 0.1) is 6.92 Å². The fourth-order valence-corrected chi connectivity index (χ4v) is 2.49. The number of halogens is 1. The van der Waals surface area contributed by atoms with E-state index in [2.05, 4.69) is 33.9 Å². The molecule has 0 amide bonds. The summed E-state index contributed by atoms with van der Waals surface area (Å²) < 4.78 is 16.5. The van der Waals surface area contributed by atoms with Gasteiger partial charge in [0, 0.05) is 23.2 Å². The molecule has 0 aliphatic heterocycles. The standard InChI is InChI=1S/C16H18BrNO3/c1-11-4-5-14(12(8-11)9-17)21-10-13-16(20-3)15(19-2)6-7-18-13/h4-8H,9-10H2,1-3H3. The van der Waals surface area contributed by atoms with Crippen molar-refractivity contribution < 1.29 is 14.2 Å². The second-order valence-corrected chi connectivity index (χ2v) is 5.09. The molecule has 0 atom stereocenters. The van der Waals surface area contributed by atoms with Gasteiger partial charge in [0.15, 0.2) is 11.5 Å². The van der Waals surface area contributed by atoms with E-state index >= 15 is 0 Å². The summed E-state index contributed by atoms with van der Waals surface area (Å²) in [4.78, 5) is 4.30. The summed E-state index contributed by atoms with van der Waals surface area (Å²) >= 11 is 3.48. The van der Waals surface area contributed by atoms with Crippen molar-refractivity contribution in [2.75, 3.05) is 14.2 Å². The quantitative estimate of drug-likeness (QED) is 0.740. The van der Waals surface area contributed by atoms with Crippen LogP contribution in [0.2, 0.25) is 0 Å². The summed E-state index contributed by atoms with van der Waals surface area (Å²) in [6.45, 7) is 2.38. The first-order valence-electron chi connectivity index (χ1n) is 6.53. The normalized spacial score (nSPS) is 10.3. The Morgan fingerprint density at radius 3 is 2.57 bits per heavy atom. The van der Waals surface area contributed by atoms with Crippen LogP contribution in [-0.2, 0) is 11.9 Å². The van der Waals surface area contributed by atoms with E-state index in [4.69, 9.17) is 14.2 Å². The first-order valence-corrected chi connectivity index (χ1v) is 7.66. The molecule has 0 saturated heterocycles. The molecule has 112 valence electrons. The fourth-order valence-electron chi connectivity index (χ4n) is 2.05. The summed E-state index contributed by atoms with van der Waals surface area (Å²) in [5, 5.41) is 0.743. The lowest BCUT2D eigenvalue weighted by molar-refractivity contribution is 0.283. The maximum Gasteiger partial charge on any atom is 0.185 e. The number of nitrogens with zero attached hydrogens (tertiary/aromatic N) is 1. The lowest BCUT2D eigenvalue weighted by Crippen LogP contribution is -2.04. The van der Waals surface area contributed by atoms with Gasteiger partial charge < -0.3 is 14.2 Å². The minimum Gasteiger partial charge on any atom is -0.493 e. The molecule has 0 bridgehead atoms. The zero-order valence-electron chi connectivity index (χ0n) is 12.4. The van der Waals surface area contributed by atoms with E-state index < -0.39 is 0 Å². The molecule has 0 saturated carbocycles. The van der Waals surface area contributed by atoms with Crippen molar-refractivity contribution >= 4 is 15.9 Å². The Kier molecular flexibility index (Phi) is 5.44. The molecule has 0 unspecified atom stereocenters. The van der Waals surface area contributed by atoms with Crippen LogP contribution >= 0.6 is 15.9 Å². The molecular weight excluding hydrogens is 334 g/mol. The number of aryl methyl sites for hydroxylation is 1. The molecule has 21 heavy (non-hydrogen) atoms. The Hall–Kier alpha value is -1.75. The van der Waals surface area contributed by atoms with E-state index in [1.54, 1.807) is 26.5 Å². The number of alkyl halides is 1. The number of rotatable bonds is 6. The maximum absolute atomic E-state index is 5.88. The van der Waals surface area contributed by atoms with Gasteiger partial charge >= 0.3 is 0 Å². The van der Waals surface area contributed by atoms with Crippen LogP contribution in [0.3, 0.4) is 0 Å². The highest BCUT2D eigenvalue weighted by molar-refractivity contribution is 9.08. The molecule has 0 aliphatic rings. The van der Waals surface area contributed by atoms with Crippen LogP contribution in [0.5, 0.6) is 17.2 Å². The third kappa shape index (κ3) is 3.67. The Bertz CT molecular complexity index is 616. The van der Waals surface area contributed by atoms with E-state index in [-0.39, 0.29) is 0 Å². The van der Waals surface area contributed by atoms with Crippen molar-refractivity contribution in [3.63, 3.8) is 0 Å². The molecule has 0 N–H and O–H groups in total. The monoisotopic (exact) mass is 351 g/mol. The zero-order valence-corrected chi connectivity index (χ0v) is 13.9. The lowest BCUT2D eigenvalue weighted by Gasteiger charge is -2.14. The molecule has 1 heterocycles. The predicted octanol–water partition coefficient (Wildman–Crippen LogP) is 3.88. The molecule has 0 aliphatic carbocycles. The largest absolute Gasteiger partial charge is 0.493 e. The summed E-state index contributed by atoms with van der Waals surface area (Å²) in [6, 6.07) is 7.86. The van der Waals surface area contributed by atoms with E-state index in [0.717, 1.165) is 16.6 Å². The Morgan fingerprint density at radius 1 is 1.10 bits per heavy atom. The van der Waals surface area contributed by atoms with E-state index in [0.29, 0.717) is 23.8 Å². The Morgan fingerprint density at radius 2 is 1.90 bits per heavy atom. The Labute approximate surface area is 133 Å². The average Bonchev–Trinajstić information content (AvgIpc) is 2.52. The smallest absolute Gasteiger partial charge is 0.185 e. The van der Waals surface area contributed by atoms with Gasteiger partial charge in [-0.25, -0.2) is 0 Å². The minimum atomic E-state index is 0.323. The summed E-state index contributed by atoms with van der Waals surface area (Å²) in [6.07, 6.45) is 1.68. The SMILES string of the molecule is COc1ccnc(COc2ccc(C)cc2CBr)c1OC. The molecule has 0 spiro atoms. The van der Waals surface area contributed by atoms with Gasteiger partial charge in [-0.1, -0.05) is 33.6 Å². The number of methoxy groups -OCH3 is 2. The van der Waals surface area contributed by atoms with Crippen molar-refractivity contribution in [2.24, 2.45) is 0 Å². The van der Waals surface area contributed by atoms with E-state index in [1.807, 2.05) is 12.1 Å². The number of benzene rings is 1. The van der Waals surface area contributed by atoms with Gasteiger partial charge in [0.1, 0.15) is 18.1 Å². The van der Waals surface area contributed by atoms with Crippen molar-refractivity contribution in [1.29, 1.82) is 0 Å². The third-order valence-corrected chi connectivity index (χ3v) is 3.69. The van der Waals surface area contributed by atoms with Crippen LogP contribution in [-0.4, -0.2) is 19.2 Å². The highest BCUT2D eigenvalue weighted by Crippen LogP contribution is 2.30. The van der Waals surface area contributed by atoms with E-state index in [1.165, 1.54) is 5.56 Å². The first-order chi connectivity index (χ1) is 10.2. The van der Waals surface area contributed by atoms with Gasteiger partial charge in [0.25, 0.3) is 0 Å². The van der Waals surface area contributed by atoms with Crippen molar-refractivity contribution in [2.45, 2.75) is 18.9 Å². The molecule has 1 aromatic heterocycles.